The van der Waals surface area contributed by atoms with Gasteiger partial charge < -0.3 is 10.3 Å². The lowest BCUT2D eigenvalue weighted by Gasteiger charge is -1.98. The lowest BCUT2D eigenvalue weighted by atomic mass is 10.5. The largest absolute Gasteiger partial charge is 0.374 e. The first kappa shape index (κ1) is 9.47. The van der Waals surface area contributed by atoms with Crippen LogP contribution in [0, 0.1) is 0 Å². The summed E-state index contributed by atoms with van der Waals surface area (Å²) < 4.78 is 2.88. The predicted molar refractivity (Wildman–Crippen MR) is 57.1 cm³/mol. The van der Waals surface area contributed by atoms with Gasteiger partial charge in [-0.15, -0.1) is 10.2 Å². The topological polar surface area (TPSA) is 69.6 Å². The molecule has 0 radical (unpaired) electrons. The van der Waals surface area contributed by atoms with Gasteiger partial charge in [0.1, 0.15) is 0 Å². The molecule has 0 aromatic carbocycles. The number of aromatic nitrogens is 4. The lowest BCUT2D eigenvalue weighted by Crippen LogP contribution is -1.91. The summed E-state index contributed by atoms with van der Waals surface area (Å²) in [6.45, 7) is 0. The lowest BCUT2D eigenvalue weighted by molar-refractivity contribution is 0.866. The van der Waals surface area contributed by atoms with Gasteiger partial charge in [0, 0.05) is 24.7 Å². The molecular formula is C7H9N5S2. The van der Waals surface area contributed by atoms with Crippen molar-refractivity contribution in [3.63, 3.8) is 0 Å². The number of rotatable bonds is 3. The van der Waals surface area contributed by atoms with Crippen LogP contribution in [0.25, 0.3) is 0 Å². The number of nitrogens with zero attached hydrogens (tertiary/aromatic N) is 4. The minimum absolute atomic E-state index is 0.512. The van der Waals surface area contributed by atoms with Gasteiger partial charge in [-0.3, -0.25) is 0 Å². The highest BCUT2D eigenvalue weighted by Gasteiger charge is 2.04. The fourth-order valence-electron chi connectivity index (χ4n) is 0.938. The van der Waals surface area contributed by atoms with Crippen molar-refractivity contribution >= 4 is 28.2 Å². The molecular weight excluding hydrogens is 218 g/mol. The second-order valence-electron chi connectivity index (χ2n) is 2.69. The Morgan fingerprint density at radius 3 is 3.00 bits per heavy atom. The van der Waals surface area contributed by atoms with Crippen LogP contribution in [-0.4, -0.2) is 19.7 Å². The Hall–Kier alpha value is -1.08. The molecule has 0 aliphatic rings. The zero-order valence-corrected chi connectivity index (χ0v) is 9.18. The van der Waals surface area contributed by atoms with Crippen molar-refractivity contribution in [2.45, 2.75) is 10.1 Å². The Kier molecular flexibility index (Phi) is 2.69. The number of imidazole rings is 1. The molecule has 0 bridgehead atoms. The third-order valence-electron chi connectivity index (χ3n) is 1.68. The van der Waals surface area contributed by atoms with Gasteiger partial charge in [-0.25, -0.2) is 4.98 Å². The quantitative estimate of drug-likeness (QED) is 0.796. The first-order valence-electron chi connectivity index (χ1n) is 3.92. The molecule has 2 aromatic rings. The van der Waals surface area contributed by atoms with Crippen molar-refractivity contribution in [1.29, 1.82) is 0 Å². The minimum atomic E-state index is 0.512. The number of thioether (sulfide) groups is 1. The Morgan fingerprint density at radius 1 is 1.57 bits per heavy atom. The number of nitrogens with two attached hydrogens (primary N) is 1. The van der Waals surface area contributed by atoms with E-state index in [4.69, 9.17) is 5.73 Å². The van der Waals surface area contributed by atoms with Crippen LogP contribution >= 0.6 is 23.1 Å². The number of hydrogen-bond donors (Lipinski definition) is 1. The molecule has 0 fully saturated rings. The number of hydrogen-bond acceptors (Lipinski definition) is 6. The normalized spacial score (nSPS) is 10.6. The molecule has 0 saturated heterocycles. The highest BCUT2D eigenvalue weighted by atomic mass is 32.2. The smallest absolute Gasteiger partial charge is 0.203 e. The van der Waals surface area contributed by atoms with Crippen molar-refractivity contribution in [3.8, 4) is 0 Å². The van der Waals surface area contributed by atoms with E-state index in [1.54, 1.807) is 18.1 Å². The predicted octanol–water partition coefficient (Wildman–Crippen LogP) is 1.15. The van der Waals surface area contributed by atoms with Gasteiger partial charge >= 0.3 is 0 Å². The van der Waals surface area contributed by atoms with Gasteiger partial charge in [-0.05, 0) is 0 Å². The number of anilines is 1. The van der Waals surface area contributed by atoms with Crippen molar-refractivity contribution < 1.29 is 0 Å². The van der Waals surface area contributed by atoms with Gasteiger partial charge in [0.2, 0.25) is 5.13 Å². The molecule has 2 N–H and O–H groups in total. The van der Waals surface area contributed by atoms with Crippen molar-refractivity contribution in [2.75, 3.05) is 5.73 Å². The van der Waals surface area contributed by atoms with Crippen LogP contribution in [0.1, 0.15) is 5.69 Å². The second kappa shape index (κ2) is 3.97. The third kappa shape index (κ3) is 2.05. The Labute approximate surface area is 89.4 Å². The molecule has 2 aromatic heterocycles. The highest BCUT2D eigenvalue weighted by Crippen LogP contribution is 2.26. The molecule has 74 valence electrons. The van der Waals surface area contributed by atoms with Crippen LogP contribution in [0.5, 0.6) is 0 Å². The van der Waals surface area contributed by atoms with Gasteiger partial charge in [0.25, 0.3) is 0 Å². The molecule has 14 heavy (non-hydrogen) atoms. The summed E-state index contributed by atoms with van der Waals surface area (Å²) in [5.74, 6) is 0.838. The average molecular weight is 227 g/mol. The average Bonchev–Trinajstić information content (AvgIpc) is 2.72. The maximum Gasteiger partial charge on any atom is 0.203 e. The van der Waals surface area contributed by atoms with Crippen LogP contribution < -0.4 is 5.73 Å². The summed E-state index contributed by atoms with van der Waals surface area (Å²) in [4.78, 5) is 4.03. The first-order chi connectivity index (χ1) is 6.75. The van der Waals surface area contributed by atoms with Crippen molar-refractivity contribution in [2.24, 2.45) is 7.05 Å². The Balaban J connectivity index is 1.98. The fraction of sp³-hybridized carbons (Fsp3) is 0.286. The molecule has 5 nitrogen and oxygen atoms in total. The van der Waals surface area contributed by atoms with E-state index in [-0.39, 0.29) is 0 Å². The van der Waals surface area contributed by atoms with Crippen molar-refractivity contribution in [3.05, 3.63) is 18.2 Å². The summed E-state index contributed by atoms with van der Waals surface area (Å²) in [5.41, 5.74) is 6.63. The van der Waals surface area contributed by atoms with E-state index in [0.717, 1.165) is 15.8 Å². The summed E-state index contributed by atoms with van der Waals surface area (Å²) >= 11 is 3.02. The zero-order chi connectivity index (χ0) is 9.97. The second-order valence-corrected chi connectivity index (χ2v) is 4.92. The van der Waals surface area contributed by atoms with Crippen LogP contribution in [0.15, 0.2) is 16.9 Å². The van der Waals surface area contributed by atoms with E-state index in [1.807, 2.05) is 17.8 Å². The molecule has 7 heteroatoms. The van der Waals surface area contributed by atoms with E-state index < -0.39 is 0 Å². The third-order valence-corrected chi connectivity index (χ3v) is 3.60. The highest BCUT2D eigenvalue weighted by molar-refractivity contribution is 8.00. The van der Waals surface area contributed by atoms with Gasteiger partial charge in [0.15, 0.2) is 4.34 Å². The molecule has 0 aliphatic heterocycles. The molecule has 0 amide bonds. The molecule has 2 heterocycles. The SMILES string of the molecule is Cn1cncc1CSc1nnc(N)s1. The van der Waals surface area contributed by atoms with Crippen LogP contribution in [0.3, 0.4) is 0 Å². The summed E-state index contributed by atoms with van der Waals surface area (Å²) in [7, 11) is 1.97. The van der Waals surface area contributed by atoms with Gasteiger partial charge in [-0.2, -0.15) is 0 Å². The first-order valence-corrected chi connectivity index (χ1v) is 5.73. The standard InChI is InChI=1S/C7H9N5S2/c1-12-4-9-2-5(12)3-13-7-11-10-6(8)14-7/h2,4H,3H2,1H3,(H2,8,10). The molecule has 0 unspecified atom stereocenters. The van der Waals surface area contributed by atoms with Crippen molar-refractivity contribution in [1.82, 2.24) is 19.7 Å². The van der Waals surface area contributed by atoms with E-state index >= 15 is 0 Å². The van der Waals surface area contributed by atoms with E-state index in [2.05, 4.69) is 15.2 Å². The fourth-order valence-corrected chi connectivity index (χ4v) is 2.60. The maximum atomic E-state index is 5.47. The molecule has 0 saturated carbocycles. The van der Waals surface area contributed by atoms with E-state index in [1.165, 1.54) is 11.3 Å². The number of aryl methyl sites for hydroxylation is 1. The number of nitrogen functional groups attached to an aromatic ring is 1. The minimum Gasteiger partial charge on any atom is -0.374 e. The molecule has 0 aliphatic carbocycles. The Bertz CT molecular complexity index is 421. The monoisotopic (exact) mass is 227 g/mol. The van der Waals surface area contributed by atoms with Gasteiger partial charge in [-0.1, -0.05) is 23.1 Å². The van der Waals surface area contributed by atoms with E-state index in [0.29, 0.717) is 5.13 Å². The van der Waals surface area contributed by atoms with Crippen LogP contribution in [0.4, 0.5) is 5.13 Å². The summed E-state index contributed by atoms with van der Waals surface area (Å²) in [6, 6.07) is 0. The molecule has 0 spiro atoms. The van der Waals surface area contributed by atoms with Crippen LogP contribution in [-0.2, 0) is 12.8 Å². The summed E-state index contributed by atoms with van der Waals surface area (Å²) in [5, 5.41) is 8.18. The molecule has 0 atom stereocenters. The summed E-state index contributed by atoms with van der Waals surface area (Å²) in [6.07, 6.45) is 3.63. The zero-order valence-electron chi connectivity index (χ0n) is 7.54. The van der Waals surface area contributed by atoms with Crippen LogP contribution in [0.2, 0.25) is 0 Å². The van der Waals surface area contributed by atoms with Gasteiger partial charge in [0.05, 0.1) is 6.33 Å². The molecule has 2 rings (SSSR count). The maximum absolute atomic E-state index is 5.47. The van der Waals surface area contributed by atoms with E-state index in [9.17, 15) is 0 Å². The Morgan fingerprint density at radius 2 is 2.43 bits per heavy atom.